The Hall–Kier alpha value is -2.86. The molecule has 4 rings (SSSR count). The number of carbonyl (C=O) groups is 3. The highest BCUT2D eigenvalue weighted by molar-refractivity contribution is 6.39. The Bertz CT molecular complexity index is 974. The van der Waals surface area contributed by atoms with Crippen LogP contribution in [-0.4, -0.2) is 48.2 Å². The van der Waals surface area contributed by atoms with Crippen LogP contribution in [0, 0.1) is 0 Å². The van der Waals surface area contributed by atoms with Gasteiger partial charge >= 0.3 is 11.8 Å². The van der Waals surface area contributed by atoms with Gasteiger partial charge in [-0.1, -0.05) is 17.7 Å². The van der Waals surface area contributed by atoms with E-state index in [1.54, 1.807) is 17.0 Å². The summed E-state index contributed by atoms with van der Waals surface area (Å²) >= 11 is 5.95. The smallest absolute Gasteiger partial charge is 0.313 e. The van der Waals surface area contributed by atoms with Gasteiger partial charge in [-0.25, -0.2) is 0 Å². The quantitative estimate of drug-likeness (QED) is 0.771. The van der Waals surface area contributed by atoms with E-state index in [0.717, 1.165) is 16.8 Å². The summed E-state index contributed by atoms with van der Waals surface area (Å²) in [6.07, 6.45) is 0.828. The van der Waals surface area contributed by atoms with E-state index in [4.69, 9.17) is 11.6 Å². The number of fused-ring (bicyclic) bond motifs is 1. The first kappa shape index (κ1) is 19.5. The van der Waals surface area contributed by atoms with Crippen molar-refractivity contribution in [1.82, 2.24) is 4.90 Å². The van der Waals surface area contributed by atoms with Crippen molar-refractivity contribution in [3.63, 3.8) is 0 Å². The first-order valence-corrected chi connectivity index (χ1v) is 10.0. The molecule has 0 radical (unpaired) electrons. The van der Waals surface area contributed by atoms with E-state index in [-0.39, 0.29) is 11.8 Å². The van der Waals surface area contributed by atoms with E-state index < -0.39 is 11.8 Å². The van der Waals surface area contributed by atoms with Crippen LogP contribution in [0.4, 0.5) is 11.4 Å². The number of rotatable bonds is 2. The predicted molar refractivity (Wildman–Crippen MR) is 112 cm³/mol. The predicted octanol–water partition coefficient (Wildman–Crippen LogP) is 2.68. The average molecular weight is 412 g/mol. The summed E-state index contributed by atoms with van der Waals surface area (Å²) < 4.78 is 0. The molecule has 2 amide bonds. The first-order chi connectivity index (χ1) is 13.9. The first-order valence-electron chi connectivity index (χ1n) is 9.66. The summed E-state index contributed by atoms with van der Waals surface area (Å²) in [5.41, 5.74) is 3.51. The minimum absolute atomic E-state index is 0.102. The maximum absolute atomic E-state index is 12.7. The largest absolute Gasteiger partial charge is 0.368 e. The average Bonchev–Trinajstić information content (AvgIpc) is 3.07. The Morgan fingerprint density at radius 3 is 2.48 bits per heavy atom. The van der Waals surface area contributed by atoms with Gasteiger partial charge in [-0.05, 0) is 54.4 Å². The summed E-state index contributed by atoms with van der Waals surface area (Å²) in [6, 6.07) is 12.9. The minimum atomic E-state index is -0.652. The number of nitrogens with one attached hydrogen (secondary N) is 1. The number of hydrogen-bond donors (Lipinski definition) is 1. The highest BCUT2D eigenvalue weighted by Gasteiger charge is 2.31. The lowest BCUT2D eigenvalue weighted by Crippen LogP contribution is -2.56. The van der Waals surface area contributed by atoms with Crippen LogP contribution >= 0.6 is 11.6 Å². The molecule has 1 saturated heterocycles. The molecule has 6 nitrogen and oxygen atoms in total. The molecule has 1 atom stereocenters. The Morgan fingerprint density at radius 2 is 1.76 bits per heavy atom. The van der Waals surface area contributed by atoms with E-state index in [1.165, 1.54) is 0 Å². The summed E-state index contributed by atoms with van der Waals surface area (Å²) in [7, 11) is 0. The second kappa shape index (κ2) is 7.87. The SMILES string of the molecule is C[C@@H]1CN(c2ccc(Cl)cc2)CCN1C(=O)C(=O)Nc1ccc2c(c1)CC(=O)C2. The van der Waals surface area contributed by atoms with E-state index in [9.17, 15) is 14.4 Å². The zero-order chi connectivity index (χ0) is 20.5. The number of benzene rings is 2. The highest BCUT2D eigenvalue weighted by Crippen LogP contribution is 2.24. The lowest BCUT2D eigenvalue weighted by Gasteiger charge is -2.40. The van der Waals surface area contributed by atoms with Crippen molar-refractivity contribution in [2.75, 3.05) is 29.9 Å². The summed E-state index contributed by atoms with van der Waals surface area (Å²) in [5.74, 6) is -1.02. The Morgan fingerprint density at radius 1 is 1.03 bits per heavy atom. The van der Waals surface area contributed by atoms with Crippen LogP contribution in [0.5, 0.6) is 0 Å². The normalized spacial score (nSPS) is 18.6. The molecule has 1 heterocycles. The second-order valence-electron chi connectivity index (χ2n) is 7.60. The van der Waals surface area contributed by atoms with Gasteiger partial charge in [0.15, 0.2) is 0 Å². The van der Waals surface area contributed by atoms with E-state index >= 15 is 0 Å². The third-order valence-corrected chi connectivity index (χ3v) is 5.77. The van der Waals surface area contributed by atoms with E-state index in [0.29, 0.717) is 43.2 Å². The van der Waals surface area contributed by atoms with Crippen LogP contribution in [0.25, 0.3) is 0 Å². The zero-order valence-electron chi connectivity index (χ0n) is 16.2. The maximum Gasteiger partial charge on any atom is 0.313 e. The summed E-state index contributed by atoms with van der Waals surface area (Å²) in [6.45, 7) is 3.69. The van der Waals surface area contributed by atoms with Crippen molar-refractivity contribution in [2.24, 2.45) is 0 Å². The number of Topliss-reactive ketones (excluding diaryl/α,β-unsaturated/α-hetero) is 1. The number of piperazine rings is 1. The van der Waals surface area contributed by atoms with Gasteiger partial charge < -0.3 is 15.1 Å². The number of nitrogens with zero attached hydrogens (tertiary/aromatic N) is 2. The van der Waals surface area contributed by atoms with Crippen LogP contribution in [0.1, 0.15) is 18.1 Å². The Labute approximate surface area is 174 Å². The van der Waals surface area contributed by atoms with Gasteiger partial charge in [0.1, 0.15) is 5.78 Å². The molecule has 0 bridgehead atoms. The van der Waals surface area contributed by atoms with Gasteiger partial charge in [-0.3, -0.25) is 14.4 Å². The van der Waals surface area contributed by atoms with E-state index in [1.807, 2.05) is 37.3 Å². The van der Waals surface area contributed by atoms with Crippen LogP contribution in [0.3, 0.4) is 0 Å². The van der Waals surface area contributed by atoms with Gasteiger partial charge in [0.2, 0.25) is 0 Å². The van der Waals surface area contributed by atoms with Crippen LogP contribution in [-0.2, 0) is 27.2 Å². The van der Waals surface area contributed by atoms with Gasteiger partial charge in [0, 0.05) is 54.9 Å². The van der Waals surface area contributed by atoms with Crippen LogP contribution in [0.15, 0.2) is 42.5 Å². The van der Waals surface area contributed by atoms with Gasteiger partial charge in [-0.15, -0.1) is 0 Å². The Balaban J connectivity index is 1.38. The molecule has 29 heavy (non-hydrogen) atoms. The lowest BCUT2D eigenvalue weighted by molar-refractivity contribution is -0.144. The van der Waals surface area contributed by atoms with Gasteiger partial charge in [0.05, 0.1) is 0 Å². The molecule has 2 aromatic carbocycles. The van der Waals surface area contributed by atoms with Gasteiger partial charge in [0.25, 0.3) is 0 Å². The zero-order valence-corrected chi connectivity index (χ0v) is 16.9. The molecular weight excluding hydrogens is 390 g/mol. The molecule has 7 heteroatoms. The van der Waals surface area contributed by atoms with Crippen molar-refractivity contribution in [3.8, 4) is 0 Å². The van der Waals surface area contributed by atoms with Crippen molar-refractivity contribution < 1.29 is 14.4 Å². The summed E-state index contributed by atoms with van der Waals surface area (Å²) in [4.78, 5) is 40.6. The molecule has 1 aliphatic heterocycles. The third kappa shape index (κ3) is 4.12. The minimum Gasteiger partial charge on any atom is -0.368 e. The maximum atomic E-state index is 12.7. The molecule has 0 aromatic heterocycles. The molecule has 1 N–H and O–H groups in total. The molecule has 0 spiro atoms. The molecule has 2 aromatic rings. The molecule has 2 aliphatic rings. The lowest BCUT2D eigenvalue weighted by atomic mass is 10.1. The molecule has 0 saturated carbocycles. The van der Waals surface area contributed by atoms with Crippen molar-refractivity contribution >= 4 is 40.6 Å². The fourth-order valence-electron chi connectivity index (χ4n) is 3.99. The number of anilines is 2. The third-order valence-electron chi connectivity index (χ3n) is 5.51. The number of halogens is 1. The highest BCUT2D eigenvalue weighted by atomic mass is 35.5. The number of ketones is 1. The number of hydrogen-bond acceptors (Lipinski definition) is 4. The number of amides is 2. The summed E-state index contributed by atoms with van der Waals surface area (Å²) in [5, 5.41) is 3.37. The molecule has 0 unspecified atom stereocenters. The number of carbonyl (C=O) groups excluding carboxylic acids is 3. The van der Waals surface area contributed by atoms with E-state index in [2.05, 4.69) is 10.2 Å². The Kier molecular flexibility index (Phi) is 5.28. The topological polar surface area (TPSA) is 69.7 Å². The van der Waals surface area contributed by atoms with Crippen LogP contribution < -0.4 is 10.2 Å². The monoisotopic (exact) mass is 411 g/mol. The fourth-order valence-corrected chi connectivity index (χ4v) is 4.11. The standard InChI is InChI=1S/C22H22ClN3O3/c1-14-13-25(19-6-3-17(23)4-7-19)8-9-26(14)22(29)21(28)24-18-5-2-15-11-20(27)12-16(15)10-18/h2-7,10,14H,8-9,11-13H2,1H3,(H,24,28)/t14-/m1/s1. The van der Waals surface area contributed by atoms with Gasteiger partial charge in [-0.2, -0.15) is 0 Å². The van der Waals surface area contributed by atoms with Crippen molar-refractivity contribution in [1.29, 1.82) is 0 Å². The second-order valence-corrected chi connectivity index (χ2v) is 8.04. The molecule has 1 fully saturated rings. The van der Waals surface area contributed by atoms with Crippen molar-refractivity contribution in [2.45, 2.75) is 25.8 Å². The van der Waals surface area contributed by atoms with Crippen molar-refractivity contribution in [3.05, 3.63) is 58.6 Å². The fraction of sp³-hybridized carbons (Fsp3) is 0.318. The molecule has 1 aliphatic carbocycles. The van der Waals surface area contributed by atoms with Crippen LogP contribution in [0.2, 0.25) is 5.02 Å². The molecular formula is C22H22ClN3O3. The molecule has 150 valence electrons.